The smallest absolute Gasteiger partial charge is 0.129 e. The second kappa shape index (κ2) is 4.43. The van der Waals surface area contributed by atoms with Crippen molar-refractivity contribution in [3.63, 3.8) is 0 Å². The number of aryl methyl sites for hydroxylation is 1. The van der Waals surface area contributed by atoms with Crippen molar-refractivity contribution in [2.45, 2.75) is 19.8 Å². The summed E-state index contributed by atoms with van der Waals surface area (Å²) >= 11 is 0. The highest BCUT2D eigenvalue weighted by Gasteiger charge is 2.33. The van der Waals surface area contributed by atoms with E-state index in [-0.39, 0.29) is 17.4 Å². The van der Waals surface area contributed by atoms with Gasteiger partial charge in [0, 0.05) is 31.0 Å². The Bertz CT molecular complexity index is 445. The molecular weight excluding hydrogens is 222 g/mol. The Balaban J connectivity index is 2.42. The van der Waals surface area contributed by atoms with E-state index in [1.807, 2.05) is 6.92 Å². The molecule has 1 aliphatic rings. The monoisotopic (exact) mass is 238 g/mol. The molecule has 0 spiro atoms. The number of nitrogens with one attached hydrogen (secondary N) is 1. The van der Waals surface area contributed by atoms with Gasteiger partial charge in [0.15, 0.2) is 0 Å². The van der Waals surface area contributed by atoms with Crippen molar-refractivity contribution in [2.75, 3.05) is 13.6 Å². The molecule has 1 aromatic carbocycles. The molecule has 2 rings (SSSR count). The van der Waals surface area contributed by atoms with Gasteiger partial charge in [-0.15, -0.1) is 0 Å². The van der Waals surface area contributed by atoms with Gasteiger partial charge in [-0.25, -0.2) is 8.78 Å². The molecule has 17 heavy (non-hydrogen) atoms. The molecule has 2 atom stereocenters. The van der Waals surface area contributed by atoms with Crippen molar-refractivity contribution in [2.24, 2.45) is 10.9 Å². The number of halogens is 2. The van der Waals surface area contributed by atoms with Gasteiger partial charge in [-0.3, -0.25) is 4.99 Å². The van der Waals surface area contributed by atoms with Crippen molar-refractivity contribution in [1.82, 2.24) is 5.32 Å². The van der Waals surface area contributed by atoms with Crippen LogP contribution >= 0.6 is 0 Å². The van der Waals surface area contributed by atoms with E-state index < -0.39 is 11.6 Å². The molecule has 2 nitrogen and oxygen atoms in total. The van der Waals surface area contributed by atoms with Crippen molar-refractivity contribution < 1.29 is 8.78 Å². The number of hydrogen-bond donors (Lipinski definition) is 1. The lowest BCUT2D eigenvalue weighted by Crippen LogP contribution is -2.17. The van der Waals surface area contributed by atoms with Gasteiger partial charge >= 0.3 is 0 Å². The molecule has 1 fully saturated rings. The molecule has 0 aromatic heterocycles. The Morgan fingerprint density at radius 1 is 1.29 bits per heavy atom. The molecule has 0 saturated carbocycles. The quantitative estimate of drug-likeness (QED) is 0.799. The van der Waals surface area contributed by atoms with E-state index in [0.29, 0.717) is 12.1 Å². The number of nitrogens with zero attached hydrogens (tertiary/aromatic N) is 1. The molecule has 4 heteroatoms. The molecular formula is C13H16F2N2. The van der Waals surface area contributed by atoms with Crippen LogP contribution in [0.2, 0.25) is 0 Å². The fourth-order valence-electron chi connectivity index (χ4n) is 2.44. The summed E-state index contributed by atoms with van der Waals surface area (Å²) in [5.74, 6) is -0.271. The first-order chi connectivity index (χ1) is 8.04. The molecule has 1 aromatic rings. The zero-order valence-electron chi connectivity index (χ0n) is 10.2. The fourth-order valence-corrected chi connectivity index (χ4v) is 2.44. The first-order valence-corrected chi connectivity index (χ1v) is 5.70. The highest BCUT2D eigenvalue weighted by molar-refractivity contribution is 5.87. The molecule has 0 amide bonds. The third-order valence-corrected chi connectivity index (χ3v) is 3.37. The van der Waals surface area contributed by atoms with Crippen LogP contribution in [-0.4, -0.2) is 19.4 Å². The number of rotatable bonds is 1. The first-order valence-electron chi connectivity index (χ1n) is 5.70. The van der Waals surface area contributed by atoms with Gasteiger partial charge in [0.2, 0.25) is 0 Å². The summed E-state index contributed by atoms with van der Waals surface area (Å²) in [6.07, 6.45) is 0. The predicted octanol–water partition coefficient (Wildman–Crippen LogP) is 2.62. The van der Waals surface area contributed by atoms with Crippen LogP contribution in [0.4, 0.5) is 8.78 Å². The molecule has 92 valence electrons. The molecule has 1 heterocycles. The summed E-state index contributed by atoms with van der Waals surface area (Å²) in [4.78, 5) is 4.08. The Morgan fingerprint density at radius 3 is 2.35 bits per heavy atom. The summed E-state index contributed by atoms with van der Waals surface area (Å²) < 4.78 is 27.7. The standard InChI is InChI=1S/C13H16F2N2/c1-7-4-10(14)12(11(15)5-7)9-6-17-13(16-3)8(9)2/h4-5,8-9H,6H2,1-3H3,(H,16,17)/t8-,9+/m0/s1. The van der Waals surface area contributed by atoms with Crippen LogP contribution in [0, 0.1) is 24.5 Å². The minimum Gasteiger partial charge on any atom is -0.373 e. The van der Waals surface area contributed by atoms with Gasteiger partial charge in [-0.2, -0.15) is 0 Å². The van der Waals surface area contributed by atoms with Gasteiger partial charge in [0.25, 0.3) is 0 Å². The van der Waals surface area contributed by atoms with Gasteiger partial charge < -0.3 is 5.32 Å². The molecule has 0 unspecified atom stereocenters. The van der Waals surface area contributed by atoms with Crippen LogP contribution in [0.25, 0.3) is 0 Å². The maximum Gasteiger partial charge on any atom is 0.129 e. The SMILES string of the molecule is CN=C1NC[C@@H](c2c(F)cc(C)cc2F)[C@@H]1C. The van der Waals surface area contributed by atoms with Crippen LogP contribution in [0.3, 0.4) is 0 Å². The molecule has 0 radical (unpaired) electrons. The van der Waals surface area contributed by atoms with Crippen molar-refractivity contribution in [1.29, 1.82) is 0 Å². The Kier molecular flexibility index (Phi) is 3.13. The lowest BCUT2D eigenvalue weighted by Gasteiger charge is -2.16. The minimum absolute atomic E-state index is 0.0201. The maximum atomic E-state index is 13.9. The average Bonchev–Trinajstić information content (AvgIpc) is 2.59. The number of aliphatic imine (C=N–C) groups is 1. The Morgan fingerprint density at radius 2 is 1.88 bits per heavy atom. The van der Waals surface area contributed by atoms with Gasteiger partial charge in [-0.05, 0) is 24.6 Å². The summed E-state index contributed by atoms with van der Waals surface area (Å²) in [5.41, 5.74) is 0.779. The van der Waals surface area contributed by atoms with Crippen LogP contribution in [0.1, 0.15) is 24.0 Å². The normalized spacial score (nSPS) is 26.3. The zero-order valence-corrected chi connectivity index (χ0v) is 10.2. The molecule has 1 saturated heterocycles. The largest absolute Gasteiger partial charge is 0.373 e. The highest BCUT2D eigenvalue weighted by atomic mass is 19.1. The fraction of sp³-hybridized carbons (Fsp3) is 0.462. The van der Waals surface area contributed by atoms with Crippen molar-refractivity contribution in [3.05, 3.63) is 34.9 Å². The number of amidine groups is 1. The number of hydrogen-bond acceptors (Lipinski definition) is 1. The second-order valence-electron chi connectivity index (χ2n) is 4.53. The van der Waals surface area contributed by atoms with E-state index in [0.717, 1.165) is 5.84 Å². The van der Waals surface area contributed by atoms with Crippen LogP contribution in [0.15, 0.2) is 17.1 Å². The van der Waals surface area contributed by atoms with Gasteiger partial charge in [0.1, 0.15) is 11.6 Å². The zero-order chi connectivity index (χ0) is 12.6. The van der Waals surface area contributed by atoms with Gasteiger partial charge in [-0.1, -0.05) is 6.92 Å². The summed E-state index contributed by atoms with van der Waals surface area (Å²) in [6, 6.07) is 2.76. The lowest BCUT2D eigenvalue weighted by atomic mass is 9.88. The summed E-state index contributed by atoms with van der Waals surface area (Å²) in [7, 11) is 1.68. The van der Waals surface area contributed by atoms with Crippen LogP contribution in [-0.2, 0) is 0 Å². The Labute approximate surface area is 99.8 Å². The van der Waals surface area contributed by atoms with Crippen LogP contribution < -0.4 is 5.32 Å². The first kappa shape index (κ1) is 12.0. The van der Waals surface area contributed by atoms with Crippen molar-refractivity contribution in [3.8, 4) is 0 Å². The van der Waals surface area contributed by atoms with Crippen molar-refractivity contribution >= 4 is 5.84 Å². The topological polar surface area (TPSA) is 24.4 Å². The molecule has 1 N–H and O–H groups in total. The molecule has 1 aliphatic heterocycles. The van der Waals surface area contributed by atoms with E-state index in [9.17, 15) is 8.78 Å². The second-order valence-corrected chi connectivity index (χ2v) is 4.53. The van der Waals surface area contributed by atoms with Gasteiger partial charge in [0.05, 0.1) is 5.84 Å². The summed E-state index contributed by atoms with van der Waals surface area (Å²) in [5, 5.41) is 3.09. The summed E-state index contributed by atoms with van der Waals surface area (Å²) in [6.45, 7) is 4.15. The van der Waals surface area contributed by atoms with E-state index in [1.54, 1.807) is 14.0 Å². The van der Waals surface area contributed by atoms with Crippen LogP contribution in [0.5, 0.6) is 0 Å². The predicted molar refractivity (Wildman–Crippen MR) is 64.4 cm³/mol. The molecule has 0 bridgehead atoms. The third kappa shape index (κ3) is 2.04. The maximum absolute atomic E-state index is 13.9. The number of benzene rings is 1. The third-order valence-electron chi connectivity index (χ3n) is 3.37. The minimum atomic E-state index is -0.460. The van der Waals surface area contributed by atoms with E-state index in [1.165, 1.54) is 12.1 Å². The Hall–Kier alpha value is -1.45. The highest BCUT2D eigenvalue weighted by Crippen LogP contribution is 2.33. The lowest BCUT2D eigenvalue weighted by molar-refractivity contribution is 0.504. The van der Waals surface area contributed by atoms with E-state index in [2.05, 4.69) is 10.3 Å². The van der Waals surface area contributed by atoms with E-state index in [4.69, 9.17) is 0 Å². The molecule has 0 aliphatic carbocycles. The van der Waals surface area contributed by atoms with E-state index >= 15 is 0 Å². The average molecular weight is 238 g/mol.